The molecule has 0 bridgehead atoms. The molecule has 2 atom stereocenters. The Kier molecular flexibility index (Phi) is 3.34. The Hall–Kier alpha value is -2.33. The molecule has 0 spiro atoms. The lowest BCUT2D eigenvalue weighted by Gasteiger charge is -2.39. The molecule has 0 fully saturated rings. The summed E-state index contributed by atoms with van der Waals surface area (Å²) in [5.74, 6) is -0.392. The molecule has 0 saturated carbocycles. The van der Waals surface area contributed by atoms with Crippen molar-refractivity contribution in [1.82, 2.24) is 9.88 Å². The van der Waals surface area contributed by atoms with Gasteiger partial charge in [0.1, 0.15) is 6.61 Å². The van der Waals surface area contributed by atoms with Gasteiger partial charge in [-0.15, -0.1) is 0 Å². The van der Waals surface area contributed by atoms with Crippen LogP contribution in [0.2, 0.25) is 0 Å². The molecule has 4 rings (SSSR count). The molecule has 23 heavy (non-hydrogen) atoms. The Morgan fingerprint density at radius 2 is 2.39 bits per heavy atom. The van der Waals surface area contributed by atoms with Crippen LogP contribution >= 0.6 is 0 Å². The van der Waals surface area contributed by atoms with E-state index in [1.807, 2.05) is 0 Å². The summed E-state index contributed by atoms with van der Waals surface area (Å²) in [6, 6.07) is 6.65. The maximum absolute atomic E-state index is 12.3. The summed E-state index contributed by atoms with van der Waals surface area (Å²) in [7, 11) is 2.09. The summed E-state index contributed by atoms with van der Waals surface area (Å²) in [5, 5.41) is 1.29. The molecule has 2 aliphatic rings. The van der Waals surface area contributed by atoms with Crippen LogP contribution in [0.5, 0.6) is 0 Å². The van der Waals surface area contributed by atoms with Crippen LogP contribution in [0, 0.1) is 5.92 Å². The van der Waals surface area contributed by atoms with E-state index in [0.717, 1.165) is 11.9 Å². The number of aromatic nitrogens is 1. The van der Waals surface area contributed by atoms with Crippen molar-refractivity contribution in [3.8, 4) is 0 Å². The Morgan fingerprint density at radius 3 is 3.22 bits per heavy atom. The lowest BCUT2D eigenvalue weighted by Crippen LogP contribution is -2.44. The summed E-state index contributed by atoms with van der Waals surface area (Å²) >= 11 is 0. The van der Waals surface area contributed by atoms with Gasteiger partial charge in [0.05, 0.1) is 5.92 Å². The van der Waals surface area contributed by atoms with Gasteiger partial charge in [-0.2, -0.15) is 0 Å². The Balaban J connectivity index is 1.78. The van der Waals surface area contributed by atoms with Crippen molar-refractivity contribution in [1.29, 1.82) is 0 Å². The molecule has 1 aromatic carbocycles. The minimum atomic E-state index is -0.220. The number of ether oxygens (including phenoxy) is 1. The number of likely N-dealkylation sites (N-methyl/N-ethyl adjacent to an activating group) is 1. The zero-order valence-corrected chi connectivity index (χ0v) is 13.2. The van der Waals surface area contributed by atoms with Gasteiger partial charge in [0, 0.05) is 29.7 Å². The average molecular weight is 308 g/mol. The van der Waals surface area contributed by atoms with Gasteiger partial charge in [-0.05, 0) is 36.2 Å². The lowest BCUT2D eigenvalue weighted by molar-refractivity contribution is -0.146. The standard InChI is InChI=1S/C19H20N2O2/c1-3-7-23-19(22)13-8-15-14-5-4-6-16-18(14)12(10-20-16)9-17(15)21(2)11-13/h3-6,8,10,13,17,20H,1,7,9,11H2,2H3/t13-,17-/m1/s1. The molecule has 1 aliphatic heterocycles. The number of nitrogens with zero attached hydrogens (tertiary/aromatic N) is 1. The number of rotatable bonds is 3. The highest BCUT2D eigenvalue weighted by molar-refractivity contribution is 5.99. The quantitative estimate of drug-likeness (QED) is 0.700. The van der Waals surface area contributed by atoms with E-state index in [9.17, 15) is 4.79 Å². The molecule has 4 heteroatoms. The first-order valence-corrected chi connectivity index (χ1v) is 7.98. The Bertz CT molecular complexity index is 818. The molecule has 2 heterocycles. The third-order valence-electron chi connectivity index (χ3n) is 4.91. The van der Waals surface area contributed by atoms with Crippen LogP contribution in [-0.2, 0) is 16.0 Å². The highest BCUT2D eigenvalue weighted by atomic mass is 16.5. The third-order valence-corrected chi connectivity index (χ3v) is 4.91. The zero-order chi connectivity index (χ0) is 16.0. The van der Waals surface area contributed by atoms with Crippen molar-refractivity contribution in [2.24, 2.45) is 5.92 Å². The first-order valence-electron chi connectivity index (χ1n) is 7.98. The lowest BCUT2D eigenvalue weighted by atomic mass is 9.80. The number of benzene rings is 1. The van der Waals surface area contributed by atoms with Crippen LogP contribution in [-0.4, -0.2) is 42.1 Å². The summed E-state index contributed by atoms with van der Waals surface area (Å²) in [6.45, 7) is 4.56. The van der Waals surface area contributed by atoms with Crippen molar-refractivity contribution in [3.63, 3.8) is 0 Å². The molecular formula is C19H20N2O2. The minimum Gasteiger partial charge on any atom is -0.461 e. The number of aromatic amines is 1. The van der Waals surface area contributed by atoms with E-state index >= 15 is 0 Å². The predicted octanol–water partition coefficient (Wildman–Crippen LogP) is 2.77. The van der Waals surface area contributed by atoms with Crippen LogP contribution in [0.3, 0.4) is 0 Å². The molecule has 4 nitrogen and oxygen atoms in total. The van der Waals surface area contributed by atoms with Crippen LogP contribution in [0.1, 0.15) is 11.1 Å². The smallest absolute Gasteiger partial charge is 0.314 e. The Labute approximate surface area is 135 Å². The monoisotopic (exact) mass is 308 g/mol. The number of fused-ring (bicyclic) bond motifs is 2. The van der Waals surface area contributed by atoms with Crippen molar-refractivity contribution in [2.75, 3.05) is 20.2 Å². The van der Waals surface area contributed by atoms with Gasteiger partial charge < -0.3 is 9.72 Å². The SMILES string of the molecule is C=CCOC(=O)[C@@H]1C=C2c3cccc4[nH]cc(c34)C[C@H]2N(C)C1. The van der Waals surface area contributed by atoms with E-state index in [1.165, 1.54) is 22.1 Å². The molecule has 0 saturated heterocycles. The maximum Gasteiger partial charge on any atom is 0.314 e. The van der Waals surface area contributed by atoms with Crippen molar-refractivity contribution >= 4 is 22.4 Å². The van der Waals surface area contributed by atoms with E-state index < -0.39 is 0 Å². The highest BCUT2D eigenvalue weighted by Crippen LogP contribution is 2.40. The van der Waals surface area contributed by atoms with Gasteiger partial charge in [0.25, 0.3) is 0 Å². The van der Waals surface area contributed by atoms with Gasteiger partial charge >= 0.3 is 5.97 Å². The van der Waals surface area contributed by atoms with Crippen LogP contribution in [0.15, 0.2) is 43.1 Å². The number of nitrogens with one attached hydrogen (secondary N) is 1. The van der Waals surface area contributed by atoms with Crippen molar-refractivity contribution in [2.45, 2.75) is 12.5 Å². The van der Waals surface area contributed by atoms with Crippen LogP contribution < -0.4 is 0 Å². The second-order valence-corrected chi connectivity index (χ2v) is 6.35. The molecule has 0 unspecified atom stereocenters. The Morgan fingerprint density at radius 1 is 1.52 bits per heavy atom. The summed E-state index contributed by atoms with van der Waals surface area (Å²) in [4.78, 5) is 17.9. The number of hydrogen-bond donors (Lipinski definition) is 1. The fraction of sp³-hybridized carbons (Fsp3) is 0.316. The van der Waals surface area contributed by atoms with E-state index in [4.69, 9.17) is 4.74 Å². The largest absolute Gasteiger partial charge is 0.461 e. The summed E-state index contributed by atoms with van der Waals surface area (Å²) < 4.78 is 5.25. The molecule has 1 N–H and O–H groups in total. The number of hydrogen-bond acceptors (Lipinski definition) is 3. The first kappa shape index (κ1) is 14.3. The van der Waals surface area contributed by atoms with Gasteiger partial charge in [-0.25, -0.2) is 0 Å². The van der Waals surface area contributed by atoms with Gasteiger partial charge in [-0.1, -0.05) is 30.9 Å². The van der Waals surface area contributed by atoms with Gasteiger partial charge in [0.2, 0.25) is 0 Å². The van der Waals surface area contributed by atoms with Crippen molar-refractivity contribution < 1.29 is 9.53 Å². The highest BCUT2D eigenvalue weighted by Gasteiger charge is 2.35. The first-order chi connectivity index (χ1) is 11.2. The second kappa shape index (κ2) is 5.39. The minimum absolute atomic E-state index is 0.172. The summed E-state index contributed by atoms with van der Waals surface area (Å²) in [6.07, 6.45) is 6.81. The van der Waals surface area contributed by atoms with E-state index in [2.05, 4.69) is 54.0 Å². The zero-order valence-electron chi connectivity index (χ0n) is 13.2. The van der Waals surface area contributed by atoms with Crippen LogP contribution in [0.4, 0.5) is 0 Å². The number of carbonyl (C=O) groups excluding carboxylic acids is 1. The molecule has 1 aromatic heterocycles. The molecule has 118 valence electrons. The topological polar surface area (TPSA) is 45.3 Å². The fourth-order valence-corrected chi connectivity index (χ4v) is 3.85. The number of esters is 1. The van der Waals surface area contributed by atoms with E-state index in [-0.39, 0.29) is 18.5 Å². The third kappa shape index (κ3) is 2.21. The van der Waals surface area contributed by atoms with Gasteiger partial charge in [-0.3, -0.25) is 9.69 Å². The van der Waals surface area contributed by atoms with Crippen LogP contribution in [0.25, 0.3) is 16.5 Å². The molecule has 0 amide bonds. The summed E-state index contributed by atoms with van der Waals surface area (Å²) in [5.41, 5.74) is 5.01. The average Bonchev–Trinajstić information content (AvgIpc) is 2.98. The molecule has 2 aromatic rings. The normalized spacial score (nSPS) is 23.3. The predicted molar refractivity (Wildman–Crippen MR) is 91.0 cm³/mol. The molecular weight excluding hydrogens is 288 g/mol. The van der Waals surface area contributed by atoms with E-state index in [1.54, 1.807) is 6.08 Å². The fourth-order valence-electron chi connectivity index (χ4n) is 3.85. The van der Waals surface area contributed by atoms with Gasteiger partial charge in [0.15, 0.2) is 0 Å². The molecule has 1 aliphatic carbocycles. The number of H-pyrrole nitrogens is 1. The second-order valence-electron chi connectivity index (χ2n) is 6.35. The van der Waals surface area contributed by atoms with Crippen molar-refractivity contribution in [3.05, 3.63) is 54.3 Å². The number of carbonyl (C=O) groups is 1. The maximum atomic E-state index is 12.3. The van der Waals surface area contributed by atoms with E-state index in [0.29, 0.717) is 12.6 Å². The molecule has 0 radical (unpaired) electrons.